The predicted molar refractivity (Wildman–Crippen MR) is 91.8 cm³/mol. The third kappa shape index (κ3) is 3.67. The van der Waals surface area contributed by atoms with Gasteiger partial charge in [-0.3, -0.25) is 10.1 Å². The maximum atomic E-state index is 12.8. The van der Waals surface area contributed by atoms with Gasteiger partial charge in [-0.2, -0.15) is 13.2 Å². The number of pyridine rings is 1. The Bertz CT molecular complexity index is 823. The van der Waals surface area contributed by atoms with Crippen molar-refractivity contribution in [3.8, 4) is 0 Å². The Morgan fingerprint density at radius 3 is 2.35 bits per heavy atom. The van der Waals surface area contributed by atoms with Gasteiger partial charge in [-0.05, 0) is 24.3 Å². The molecule has 0 bridgehead atoms. The van der Waals surface area contributed by atoms with E-state index in [1.807, 2.05) is 4.90 Å². The summed E-state index contributed by atoms with van der Waals surface area (Å²) in [6.45, 7) is 1.79. The normalized spacial score (nSPS) is 15.2. The lowest BCUT2D eigenvalue weighted by molar-refractivity contribution is -0.384. The average molecular weight is 387 g/mol. The first-order valence-corrected chi connectivity index (χ1v) is 8.11. The number of hydrogen-bond acceptors (Lipinski definition) is 5. The van der Waals surface area contributed by atoms with Crippen LogP contribution in [-0.4, -0.2) is 36.1 Å². The molecular weight excluding hydrogens is 373 g/mol. The van der Waals surface area contributed by atoms with Crippen LogP contribution in [0.3, 0.4) is 0 Å². The van der Waals surface area contributed by atoms with Crippen molar-refractivity contribution >= 4 is 28.8 Å². The Balaban J connectivity index is 1.81. The fraction of sp³-hybridized carbons (Fsp3) is 0.312. The van der Waals surface area contributed by atoms with Crippen molar-refractivity contribution in [3.05, 3.63) is 57.2 Å². The summed E-state index contributed by atoms with van der Waals surface area (Å²) in [4.78, 5) is 18.3. The molecular formula is C16H14ClF3N4O2. The number of rotatable bonds is 3. The first-order valence-electron chi connectivity index (χ1n) is 7.73. The summed E-state index contributed by atoms with van der Waals surface area (Å²) in [7, 11) is 0. The number of aromatic nitrogens is 1. The van der Waals surface area contributed by atoms with Gasteiger partial charge in [0, 0.05) is 38.4 Å². The van der Waals surface area contributed by atoms with E-state index < -0.39 is 22.4 Å². The van der Waals surface area contributed by atoms with Crippen LogP contribution in [0, 0.1) is 10.1 Å². The topological polar surface area (TPSA) is 62.5 Å². The summed E-state index contributed by atoms with van der Waals surface area (Å²) in [5, 5.41) is 11.7. The van der Waals surface area contributed by atoms with Crippen molar-refractivity contribution in [2.45, 2.75) is 6.18 Å². The maximum absolute atomic E-state index is 12.8. The summed E-state index contributed by atoms with van der Waals surface area (Å²) in [6.07, 6.45) is -3.01. The summed E-state index contributed by atoms with van der Waals surface area (Å²) in [5.41, 5.74) is -1.41. The van der Waals surface area contributed by atoms with E-state index in [-0.39, 0.29) is 5.69 Å². The molecule has 0 amide bonds. The third-order valence-electron chi connectivity index (χ3n) is 4.16. The molecule has 2 aromatic rings. The van der Waals surface area contributed by atoms with Crippen LogP contribution in [0.2, 0.25) is 5.02 Å². The smallest absolute Gasteiger partial charge is 0.362 e. The Morgan fingerprint density at radius 1 is 1.12 bits per heavy atom. The van der Waals surface area contributed by atoms with E-state index >= 15 is 0 Å². The van der Waals surface area contributed by atoms with Gasteiger partial charge in [-0.25, -0.2) is 4.98 Å². The Morgan fingerprint density at radius 2 is 1.77 bits per heavy atom. The standard InChI is InChI=1S/C16H14ClF3N4O2/c17-12-2-1-5-21-15(12)23-8-6-22(7-9-23)13-4-3-11(16(18,19)20)10-14(13)24(25)26/h1-5,10H,6-9H2. The molecule has 1 aliphatic rings. The zero-order valence-electron chi connectivity index (χ0n) is 13.4. The molecule has 10 heteroatoms. The highest BCUT2D eigenvalue weighted by atomic mass is 35.5. The quantitative estimate of drug-likeness (QED) is 0.589. The van der Waals surface area contributed by atoms with Gasteiger partial charge < -0.3 is 9.80 Å². The fourth-order valence-electron chi connectivity index (χ4n) is 2.88. The van der Waals surface area contributed by atoms with Gasteiger partial charge in [0.15, 0.2) is 0 Å². The summed E-state index contributed by atoms with van der Waals surface area (Å²) in [5.74, 6) is 0.621. The lowest BCUT2D eigenvalue weighted by Crippen LogP contribution is -2.47. The molecule has 0 unspecified atom stereocenters. The number of hydrogen-bond donors (Lipinski definition) is 0. The lowest BCUT2D eigenvalue weighted by atomic mass is 10.1. The van der Waals surface area contributed by atoms with E-state index in [0.29, 0.717) is 43.1 Å². The lowest BCUT2D eigenvalue weighted by Gasteiger charge is -2.36. The number of halogens is 4. The van der Waals surface area contributed by atoms with Crippen LogP contribution in [0.4, 0.5) is 30.4 Å². The van der Waals surface area contributed by atoms with Crippen LogP contribution >= 0.6 is 11.6 Å². The van der Waals surface area contributed by atoms with E-state index in [0.717, 1.165) is 12.1 Å². The van der Waals surface area contributed by atoms with Crippen molar-refractivity contribution in [2.75, 3.05) is 36.0 Å². The molecule has 1 aliphatic heterocycles. The van der Waals surface area contributed by atoms with Crippen LogP contribution < -0.4 is 9.80 Å². The molecule has 0 spiro atoms. The second kappa shape index (κ2) is 6.99. The molecule has 0 atom stereocenters. The number of anilines is 2. The number of nitro benzene ring substituents is 1. The van der Waals surface area contributed by atoms with E-state index in [1.54, 1.807) is 23.2 Å². The zero-order valence-corrected chi connectivity index (χ0v) is 14.2. The van der Waals surface area contributed by atoms with E-state index in [1.165, 1.54) is 0 Å². The highest BCUT2D eigenvalue weighted by Gasteiger charge is 2.34. The van der Waals surface area contributed by atoms with E-state index in [9.17, 15) is 23.3 Å². The van der Waals surface area contributed by atoms with Gasteiger partial charge in [0.05, 0.1) is 15.5 Å². The van der Waals surface area contributed by atoms with Gasteiger partial charge in [0.1, 0.15) is 11.5 Å². The molecule has 0 radical (unpaired) electrons. The van der Waals surface area contributed by atoms with Gasteiger partial charge in [0.25, 0.3) is 5.69 Å². The van der Waals surface area contributed by atoms with Crippen molar-refractivity contribution in [3.63, 3.8) is 0 Å². The molecule has 1 aromatic carbocycles. The van der Waals surface area contributed by atoms with Crippen molar-refractivity contribution in [2.24, 2.45) is 0 Å². The molecule has 6 nitrogen and oxygen atoms in total. The summed E-state index contributed by atoms with van der Waals surface area (Å²) >= 11 is 6.12. The van der Waals surface area contributed by atoms with Gasteiger partial charge in [0.2, 0.25) is 0 Å². The number of alkyl halides is 3. The minimum atomic E-state index is -4.63. The van der Waals surface area contributed by atoms with Crippen LogP contribution in [0.15, 0.2) is 36.5 Å². The van der Waals surface area contributed by atoms with E-state index in [2.05, 4.69) is 4.98 Å². The van der Waals surface area contributed by atoms with Crippen LogP contribution in [-0.2, 0) is 6.18 Å². The SMILES string of the molecule is O=[N+]([O-])c1cc(C(F)(F)F)ccc1N1CCN(c2ncccc2Cl)CC1. The summed E-state index contributed by atoms with van der Waals surface area (Å²) < 4.78 is 38.5. The number of nitrogens with zero attached hydrogens (tertiary/aromatic N) is 4. The Kier molecular flexibility index (Phi) is 4.90. The fourth-order valence-corrected chi connectivity index (χ4v) is 3.12. The number of piperazine rings is 1. The molecule has 1 saturated heterocycles. The van der Waals surface area contributed by atoms with Crippen molar-refractivity contribution in [1.29, 1.82) is 0 Å². The van der Waals surface area contributed by atoms with Crippen LogP contribution in [0.25, 0.3) is 0 Å². The second-order valence-electron chi connectivity index (χ2n) is 5.74. The van der Waals surface area contributed by atoms with Gasteiger partial charge in [-0.1, -0.05) is 11.6 Å². The van der Waals surface area contributed by atoms with E-state index in [4.69, 9.17) is 11.6 Å². The first kappa shape index (κ1) is 18.2. The second-order valence-corrected chi connectivity index (χ2v) is 6.15. The predicted octanol–water partition coefficient (Wildman–Crippen LogP) is 3.99. The Hall–Kier alpha value is -2.55. The Labute approximate surface area is 151 Å². The first-order chi connectivity index (χ1) is 12.3. The summed E-state index contributed by atoms with van der Waals surface area (Å²) in [6, 6.07) is 6.04. The average Bonchev–Trinajstić information content (AvgIpc) is 2.61. The third-order valence-corrected chi connectivity index (χ3v) is 4.45. The van der Waals surface area contributed by atoms with Crippen LogP contribution in [0.5, 0.6) is 0 Å². The minimum absolute atomic E-state index is 0.176. The molecule has 2 heterocycles. The molecule has 0 aliphatic carbocycles. The molecule has 1 aromatic heterocycles. The number of nitro groups is 1. The number of benzene rings is 1. The van der Waals surface area contributed by atoms with Crippen LogP contribution in [0.1, 0.15) is 5.56 Å². The van der Waals surface area contributed by atoms with Crippen molar-refractivity contribution < 1.29 is 18.1 Å². The molecule has 3 rings (SSSR count). The molecule has 26 heavy (non-hydrogen) atoms. The highest BCUT2D eigenvalue weighted by molar-refractivity contribution is 6.32. The van der Waals surface area contributed by atoms with Crippen molar-refractivity contribution in [1.82, 2.24) is 4.98 Å². The van der Waals surface area contributed by atoms with Gasteiger partial charge >= 0.3 is 6.18 Å². The minimum Gasteiger partial charge on any atom is -0.362 e. The molecule has 1 fully saturated rings. The molecule has 138 valence electrons. The molecule has 0 N–H and O–H groups in total. The monoisotopic (exact) mass is 386 g/mol. The van der Waals surface area contributed by atoms with Gasteiger partial charge in [-0.15, -0.1) is 0 Å². The maximum Gasteiger partial charge on any atom is 0.416 e. The largest absolute Gasteiger partial charge is 0.416 e. The zero-order chi connectivity index (χ0) is 18.9. The molecule has 0 saturated carbocycles. The highest BCUT2D eigenvalue weighted by Crippen LogP contribution is 2.37.